The van der Waals surface area contributed by atoms with Crippen LogP contribution in [0.4, 0.5) is 14.7 Å². The zero-order valence-corrected chi connectivity index (χ0v) is 11.7. The second kappa shape index (κ2) is 8.02. The molecule has 20 heavy (non-hydrogen) atoms. The SMILES string of the molecule is CCNc1ncc(S(=O)(=O)NCCOCC(F)F)cn1. The quantitative estimate of drug-likeness (QED) is 0.644. The first-order chi connectivity index (χ1) is 9.45. The Morgan fingerprint density at radius 2 is 2.00 bits per heavy atom. The van der Waals surface area contributed by atoms with Gasteiger partial charge in [-0.1, -0.05) is 0 Å². The van der Waals surface area contributed by atoms with Gasteiger partial charge < -0.3 is 10.1 Å². The predicted octanol–water partition coefficient (Wildman–Crippen LogP) is 0.468. The van der Waals surface area contributed by atoms with Crippen molar-refractivity contribution in [2.45, 2.75) is 18.2 Å². The molecule has 0 fully saturated rings. The Morgan fingerprint density at radius 1 is 1.35 bits per heavy atom. The molecule has 1 heterocycles. The molecule has 0 spiro atoms. The number of aromatic nitrogens is 2. The predicted molar refractivity (Wildman–Crippen MR) is 68.2 cm³/mol. The molecule has 0 saturated heterocycles. The van der Waals surface area contributed by atoms with Crippen molar-refractivity contribution in [2.75, 3.05) is 31.6 Å². The van der Waals surface area contributed by atoms with E-state index in [0.29, 0.717) is 12.5 Å². The van der Waals surface area contributed by atoms with E-state index in [4.69, 9.17) is 0 Å². The van der Waals surface area contributed by atoms with Gasteiger partial charge >= 0.3 is 0 Å². The fourth-order valence-electron chi connectivity index (χ4n) is 1.21. The van der Waals surface area contributed by atoms with Gasteiger partial charge in [0.25, 0.3) is 6.43 Å². The highest BCUT2D eigenvalue weighted by Crippen LogP contribution is 2.06. The Bertz CT molecular complexity index is 496. The molecule has 114 valence electrons. The third kappa shape index (κ3) is 5.72. The van der Waals surface area contributed by atoms with Crippen LogP contribution in [0.25, 0.3) is 0 Å². The van der Waals surface area contributed by atoms with Crippen LogP contribution in [0.2, 0.25) is 0 Å². The Morgan fingerprint density at radius 3 is 2.55 bits per heavy atom. The zero-order valence-electron chi connectivity index (χ0n) is 10.8. The van der Waals surface area contributed by atoms with E-state index >= 15 is 0 Å². The smallest absolute Gasteiger partial charge is 0.261 e. The maximum atomic E-state index is 11.8. The minimum absolute atomic E-state index is 0.104. The third-order valence-electron chi connectivity index (χ3n) is 2.06. The average molecular weight is 310 g/mol. The Balaban J connectivity index is 2.47. The van der Waals surface area contributed by atoms with E-state index < -0.39 is 23.1 Å². The summed E-state index contributed by atoms with van der Waals surface area (Å²) < 4.78 is 53.9. The fourth-order valence-corrected chi connectivity index (χ4v) is 2.11. The van der Waals surface area contributed by atoms with Crippen molar-refractivity contribution in [3.63, 3.8) is 0 Å². The number of hydrogen-bond acceptors (Lipinski definition) is 6. The molecule has 10 heteroatoms. The maximum absolute atomic E-state index is 11.8. The molecule has 7 nitrogen and oxygen atoms in total. The van der Waals surface area contributed by atoms with Gasteiger partial charge in [-0.25, -0.2) is 31.9 Å². The van der Waals surface area contributed by atoms with E-state index in [1.54, 1.807) is 0 Å². The molecular weight excluding hydrogens is 294 g/mol. The summed E-state index contributed by atoms with van der Waals surface area (Å²) in [5.74, 6) is 0.326. The topological polar surface area (TPSA) is 93.2 Å². The normalized spacial score (nSPS) is 11.8. The summed E-state index contributed by atoms with van der Waals surface area (Å²) in [6.07, 6.45) is -0.251. The van der Waals surface area contributed by atoms with Crippen molar-refractivity contribution in [3.8, 4) is 0 Å². The zero-order chi connectivity index (χ0) is 15.0. The number of hydrogen-bond donors (Lipinski definition) is 2. The van der Waals surface area contributed by atoms with Crippen LogP contribution in [0, 0.1) is 0 Å². The number of halogens is 2. The van der Waals surface area contributed by atoms with Crippen molar-refractivity contribution in [2.24, 2.45) is 0 Å². The van der Waals surface area contributed by atoms with Crippen LogP contribution < -0.4 is 10.0 Å². The number of nitrogens with one attached hydrogen (secondary N) is 2. The van der Waals surface area contributed by atoms with Gasteiger partial charge in [0.2, 0.25) is 16.0 Å². The van der Waals surface area contributed by atoms with E-state index in [9.17, 15) is 17.2 Å². The molecule has 1 rings (SSSR count). The lowest BCUT2D eigenvalue weighted by Crippen LogP contribution is -2.28. The van der Waals surface area contributed by atoms with Crippen molar-refractivity contribution in [3.05, 3.63) is 12.4 Å². The largest absolute Gasteiger partial charge is 0.374 e. The highest BCUT2D eigenvalue weighted by atomic mass is 32.2. The first-order valence-corrected chi connectivity index (χ1v) is 7.35. The molecule has 0 amide bonds. The standard InChI is InChI=1S/C10H16F2N4O3S/c1-2-13-10-14-5-8(6-15-10)20(17,18)16-3-4-19-7-9(11)12/h5-6,9,16H,2-4,7H2,1H3,(H,13,14,15). The molecule has 0 radical (unpaired) electrons. The molecule has 0 bridgehead atoms. The molecule has 1 aromatic heterocycles. The summed E-state index contributed by atoms with van der Waals surface area (Å²) in [5, 5.41) is 2.83. The van der Waals surface area contributed by atoms with Gasteiger partial charge in [0, 0.05) is 13.1 Å². The number of sulfonamides is 1. The summed E-state index contributed by atoms with van der Waals surface area (Å²) in [6, 6.07) is 0. The molecule has 0 aromatic carbocycles. The molecule has 1 aromatic rings. The van der Waals surface area contributed by atoms with Gasteiger partial charge in [-0.05, 0) is 6.92 Å². The highest BCUT2D eigenvalue weighted by Gasteiger charge is 2.14. The summed E-state index contributed by atoms with van der Waals surface area (Å²) in [6.45, 7) is 1.51. The van der Waals surface area contributed by atoms with Crippen molar-refractivity contribution in [1.82, 2.24) is 14.7 Å². The van der Waals surface area contributed by atoms with Crippen LogP contribution in [-0.2, 0) is 14.8 Å². The molecule has 0 unspecified atom stereocenters. The summed E-state index contributed by atoms with van der Waals surface area (Å²) in [7, 11) is -3.76. The third-order valence-corrected chi connectivity index (χ3v) is 3.47. The fraction of sp³-hybridized carbons (Fsp3) is 0.600. The second-order valence-electron chi connectivity index (χ2n) is 3.64. The van der Waals surface area contributed by atoms with Crippen LogP contribution in [-0.4, -0.2) is 51.1 Å². The summed E-state index contributed by atoms with van der Waals surface area (Å²) in [4.78, 5) is 7.56. The monoisotopic (exact) mass is 310 g/mol. The second-order valence-corrected chi connectivity index (χ2v) is 5.40. The molecule has 0 atom stereocenters. The first-order valence-electron chi connectivity index (χ1n) is 5.87. The van der Waals surface area contributed by atoms with Crippen LogP contribution in [0.3, 0.4) is 0 Å². The maximum Gasteiger partial charge on any atom is 0.261 e. The van der Waals surface area contributed by atoms with E-state index in [0.717, 1.165) is 12.4 Å². The van der Waals surface area contributed by atoms with E-state index in [1.807, 2.05) is 6.92 Å². The van der Waals surface area contributed by atoms with Gasteiger partial charge in [-0.15, -0.1) is 0 Å². The van der Waals surface area contributed by atoms with Crippen molar-refractivity contribution < 1.29 is 21.9 Å². The minimum Gasteiger partial charge on any atom is -0.374 e. The lowest BCUT2D eigenvalue weighted by molar-refractivity contribution is 0.0199. The summed E-state index contributed by atoms with van der Waals surface area (Å²) in [5.41, 5.74) is 0. The molecule has 2 N–H and O–H groups in total. The Kier molecular flexibility index (Phi) is 6.68. The number of ether oxygens (including phenoxy) is 1. The van der Waals surface area contributed by atoms with Gasteiger partial charge in [0.15, 0.2) is 0 Å². The van der Waals surface area contributed by atoms with E-state index in [2.05, 4.69) is 24.7 Å². The number of anilines is 1. The van der Waals surface area contributed by atoms with Crippen LogP contribution in [0.1, 0.15) is 6.92 Å². The van der Waals surface area contributed by atoms with Gasteiger partial charge in [-0.3, -0.25) is 0 Å². The van der Waals surface area contributed by atoms with E-state index in [1.165, 1.54) is 0 Å². The first kappa shape index (κ1) is 16.7. The lowest BCUT2D eigenvalue weighted by Gasteiger charge is -2.07. The molecule has 0 aliphatic heterocycles. The van der Waals surface area contributed by atoms with Gasteiger partial charge in [0.05, 0.1) is 19.0 Å². The van der Waals surface area contributed by atoms with Crippen LogP contribution >= 0.6 is 0 Å². The van der Waals surface area contributed by atoms with Crippen molar-refractivity contribution >= 4 is 16.0 Å². The van der Waals surface area contributed by atoms with Crippen LogP contribution in [0.5, 0.6) is 0 Å². The highest BCUT2D eigenvalue weighted by molar-refractivity contribution is 7.89. The van der Waals surface area contributed by atoms with Crippen LogP contribution in [0.15, 0.2) is 17.3 Å². The summed E-state index contributed by atoms with van der Waals surface area (Å²) >= 11 is 0. The van der Waals surface area contributed by atoms with E-state index in [-0.39, 0.29) is 18.0 Å². The van der Waals surface area contributed by atoms with Gasteiger partial charge in [0.1, 0.15) is 11.5 Å². The minimum atomic E-state index is -3.76. The van der Waals surface area contributed by atoms with Gasteiger partial charge in [-0.2, -0.15) is 0 Å². The molecule has 0 aliphatic rings. The van der Waals surface area contributed by atoms with Crippen molar-refractivity contribution in [1.29, 1.82) is 0 Å². The Hall–Kier alpha value is -1.39. The molecular formula is C10H16F2N4O3S. The number of rotatable bonds is 9. The lowest BCUT2D eigenvalue weighted by atomic mass is 10.6. The average Bonchev–Trinajstić information content (AvgIpc) is 2.39. The number of nitrogens with zero attached hydrogens (tertiary/aromatic N) is 2. The Labute approximate surface area is 115 Å². The molecule has 0 aliphatic carbocycles. The number of alkyl halides is 2. The molecule has 0 saturated carbocycles.